The summed E-state index contributed by atoms with van der Waals surface area (Å²) in [5.41, 5.74) is -1.42. The molecule has 0 saturated carbocycles. The van der Waals surface area contributed by atoms with Gasteiger partial charge in [-0.25, -0.2) is 9.18 Å². The van der Waals surface area contributed by atoms with Crippen LogP contribution in [0.15, 0.2) is 18.2 Å². The summed E-state index contributed by atoms with van der Waals surface area (Å²) in [5, 5.41) is 9.56. The van der Waals surface area contributed by atoms with Gasteiger partial charge in [-0.2, -0.15) is 0 Å². The molecule has 1 aromatic rings. The van der Waals surface area contributed by atoms with Crippen molar-refractivity contribution in [1.82, 2.24) is 4.90 Å². The Bertz CT molecular complexity index is 591. The Labute approximate surface area is 127 Å². The van der Waals surface area contributed by atoms with Gasteiger partial charge in [-0.3, -0.25) is 4.79 Å². The molecule has 22 heavy (non-hydrogen) atoms. The molecule has 6 nitrogen and oxygen atoms in total. The lowest BCUT2D eigenvalue weighted by Crippen LogP contribution is -2.56. The molecule has 0 radical (unpaired) electrons. The van der Waals surface area contributed by atoms with Crippen molar-refractivity contribution in [3.63, 3.8) is 0 Å². The number of ether oxygens (including phenoxy) is 2. The molecule has 1 saturated heterocycles. The van der Waals surface area contributed by atoms with Crippen LogP contribution in [-0.2, 0) is 9.53 Å². The van der Waals surface area contributed by atoms with Gasteiger partial charge in [0.15, 0.2) is 5.54 Å². The first-order valence-electron chi connectivity index (χ1n) is 6.84. The smallest absolute Gasteiger partial charge is 0.332 e. The molecule has 1 fully saturated rings. The minimum absolute atomic E-state index is 0.00567. The number of benzene rings is 1. The quantitative estimate of drug-likeness (QED) is 0.892. The number of amides is 1. The van der Waals surface area contributed by atoms with E-state index in [1.165, 1.54) is 31.3 Å². The maximum atomic E-state index is 13.5. The van der Waals surface area contributed by atoms with Crippen LogP contribution in [0.25, 0.3) is 0 Å². The molecule has 1 unspecified atom stereocenters. The molecule has 1 atom stereocenters. The van der Waals surface area contributed by atoms with Crippen LogP contribution in [0.1, 0.15) is 23.2 Å². The minimum Gasteiger partial charge on any atom is -0.496 e. The standard InChI is InChI=1S/C15H18FNO5/c1-21-9-15(14(19)20)6-3-7-17(15)13(18)11-8-10(16)4-5-12(11)22-2/h4-5,8H,3,6-7,9H2,1-2H3,(H,19,20). The Hall–Kier alpha value is -2.15. The summed E-state index contributed by atoms with van der Waals surface area (Å²) in [6.07, 6.45) is 0.832. The highest BCUT2D eigenvalue weighted by Gasteiger charge is 2.50. The molecular formula is C15H18FNO5. The molecule has 0 bridgehead atoms. The van der Waals surface area contributed by atoms with Crippen molar-refractivity contribution in [2.75, 3.05) is 27.4 Å². The first-order valence-corrected chi connectivity index (χ1v) is 6.84. The van der Waals surface area contributed by atoms with E-state index in [2.05, 4.69) is 0 Å². The van der Waals surface area contributed by atoms with Gasteiger partial charge in [0.25, 0.3) is 5.91 Å². The van der Waals surface area contributed by atoms with Crippen LogP contribution in [0.3, 0.4) is 0 Å². The highest BCUT2D eigenvalue weighted by molar-refractivity contribution is 6.00. The van der Waals surface area contributed by atoms with Crippen molar-refractivity contribution in [3.05, 3.63) is 29.6 Å². The number of likely N-dealkylation sites (tertiary alicyclic amines) is 1. The summed E-state index contributed by atoms with van der Waals surface area (Å²) in [6, 6.07) is 3.58. The fraction of sp³-hybridized carbons (Fsp3) is 0.467. The van der Waals surface area contributed by atoms with Gasteiger partial charge >= 0.3 is 5.97 Å². The summed E-state index contributed by atoms with van der Waals surface area (Å²) in [5.74, 6) is -2.09. The van der Waals surface area contributed by atoms with Gasteiger partial charge in [-0.05, 0) is 31.0 Å². The zero-order valence-electron chi connectivity index (χ0n) is 12.5. The number of halogens is 1. The van der Waals surface area contributed by atoms with E-state index in [0.29, 0.717) is 12.8 Å². The van der Waals surface area contributed by atoms with Crippen LogP contribution < -0.4 is 4.74 Å². The number of aliphatic carboxylic acids is 1. The van der Waals surface area contributed by atoms with Crippen molar-refractivity contribution < 1.29 is 28.6 Å². The fourth-order valence-electron chi connectivity index (χ4n) is 2.84. The van der Waals surface area contributed by atoms with Gasteiger partial charge in [0.2, 0.25) is 0 Å². The minimum atomic E-state index is -1.43. The Morgan fingerprint density at radius 3 is 2.73 bits per heavy atom. The van der Waals surface area contributed by atoms with Gasteiger partial charge in [-0.1, -0.05) is 0 Å². The third-order valence-electron chi connectivity index (χ3n) is 3.91. The molecule has 1 aliphatic rings. The Morgan fingerprint density at radius 2 is 2.14 bits per heavy atom. The second-order valence-corrected chi connectivity index (χ2v) is 5.17. The van der Waals surface area contributed by atoms with E-state index in [1.807, 2.05) is 0 Å². The summed E-state index contributed by atoms with van der Waals surface area (Å²) in [4.78, 5) is 25.7. The van der Waals surface area contributed by atoms with E-state index in [-0.39, 0.29) is 24.5 Å². The average Bonchev–Trinajstić information content (AvgIpc) is 2.92. The Morgan fingerprint density at radius 1 is 1.41 bits per heavy atom. The summed E-state index contributed by atoms with van der Waals surface area (Å²) < 4.78 is 23.5. The predicted octanol–water partition coefficient (Wildman–Crippen LogP) is 1.54. The molecule has 0 spiro atoms. The first kappa shape index (κ1) is 16.2. The second kappa shape index (κ2) is 6.31. The number of carboxylic acids is 1. The average molecular weight is 311 g/mol. The van der Waals surface area contributed by atoms with Crippen molar-refractivity contribution in [1.29, 1.82) is 0 Å². The lowest BCUT2D eigenvalue weighted by atomic mass is 9.96. The molecule has 0 aliphatic carbocycles. The molecule has 1 aliphatic heterocycles. The molecule has 0 aromatic heterocycles. The van der Waals surface area contributed by atoms with Gasteiger partial charge < -0.3 is 19.5 Å². The van der Waals surface area contributed by atoms with Crippen LogP contribution in [0.4, 0.5) is 4.39 Å². The van der Waals surface area contributed by atoms with Crippen molar-refractivity contribution in [2.45, 2.75) is 18.4 Å². The van der Waals surface area contributed by atoms with E-state index in [1.54, 1.807) is 0 Å². The maximum absolute atomic E-state index is 13.5. The monoisotopic (exact) mass is 311 g/mol. The number of nitrogens with zero attached hydrogens (tertiary/aromatic N) is 1. The molecule has 1 heterocycles. The number of carboxylic acid groups (broad SMARTS) is 1. The predicted molar refractivity (Wildman–Crippen MR) is 75.5 cm³/mol. The van der Waals surface area contributed by atoms with Crippen LogP contribution in [0.5, 0.6) is 5.75 Å². The fourth-order valence-corrected chi connectivity index (χ4v) is 2.84. The molecule has 1 amide bonds. The lowest BCUT2D eigenvalue weighted by Gasteiger charge is -2.34. The maximum Gasteiger partial charge on any atom is 0.332 e. The van der Waals surface area contributed by atoms with Gasteiger partial charge in [0.05, 0.1) is 19.3 Å². The third kappa shape index (κ3) is 2.64. The number of hydrogen-bond acceptors (Lipinski definition) is 4. The summed E-state index contributed by atoms with van der Waals surface area (Å²) >= 11 is 0. The first-order chi connectivity index (χ1) is 10.5. The molecule has 1 N–H and O–H groups in total. The summed E-state index contributed by atoms with van der Waals surface area (Å²) in [6.45, 7) is 0.153. The zero-order chi connectivity index (χ0) is 16.3. The Balaban J connectivity index is 2.43. The molecular weight excluding hydrogens is 293 g/mol. The molecule has 1 aromatic carbocycles. The third-order valence-corrected chi connectivity index (χ3v) is 3.91. The molecule has 7 heteroatoms. The van der Waals surface area contributed by atoms with Crippen LogP contribution in [0, 0.1) is 5.82 Å². The Kier molecular flexibility index (Phi) is 4.65. The highest BCUT2D eigenvalue weighted by atomic mass is 19.1. The summed E-state index contributed by atoms with van der Waals surface area (Å²) in [7, 11) is 2.75. The van der Waals surface area contributed by atoms with Crippen molar-refractivity contribution in [2.24, 2.45) is 0 Å². The van der Waals surface area contributed by atoms with Crippen molar-refractivity contribution in [3.8, 4) is 5.75 Å². The van der Waals surface area contributed by atoms with E-state index in [4.69, 9.17) is 9.47 Å². The van der Waals surface area contributed by atoms with Crippen molar-refractivity contribution >= 4 is 11.9 Å². The number of methoxy groups -OCH3 is 2. The van der Waals surface area contributed by atoms with E-state index < -0.39 is 23.2 Å². The second-order valence-electron chi connectivity index (χ2n) is 5.17. The van der Waals surface area contributed by atoms with Gasteiger partial charge in [0.1, 0.15) is 11.6 Å². The highest BCUT2D eigenvalue weighted by Crippen LogP contribution is 2.33. The normalized spacial score (nSPS) is 21.0. The SMILES string of the molecule is COCC1(C(=O)O)CCCN1C(=O)c1cc(F)ccc1OC. The van der Waals surface area contributed by atoms with Crippen LogP contribution >= 0.6 is 0 Å². The topological polar surface area (TPSA) is 76.1 Å². The van der Waals surface area contributed by atoms with E-state index in [9.17, 15) is 19.1 Å². The van der Waals surface area contributed by atoms with Crippen LogP contribution in [-0.4, -0.2) is 54.8 Å². The van der Waals surface area contributed by atoms with E-state index in [0.717, 1.165) is 6.07 Å². The van der Waals surface area contributed by atoms with E-state index >= 15 is 0 Å². The number of carbonyl (C=O) groups excluding carboxylic acids is 1. The van der Waals surface area contributed by atoms with Gasteiger partial charge in [0, 0.05) is 13.7 Å². The number of hydrogen-bond donors (Lipinski definition) is 1. The number of carbonyl (C=O) groups is 2. The largest absolute Gasteiger partial charge is 0.496 e. The molecule has 120 valence electrons. The van der Waals surface area contributed by atoms with Gasteiger partial charge in [-0.15, -0.1) is 0 Å². The van der Waals surface area contributed by atoms with Crippen LogP contribution in [0.2, 0.25) is 0 Å². The number of rotatable bonds is 5. The lowest BCUT2D eigenvalue weighted by molar-refractivity contribution is -0.151. The molecule has 2 rings (SSSR count). The zero-order valence-corrected chi connectivity index (χ0v) is 12.5.